The van der Waals surface area contributed by atoms with Crippen LogP contribution in [0.4, 0.5) is 0 Å². The molecule has 2 amide bonds. The summed E-state index contributed by atoms with van der Waals surface area (Å²) in [6.07, 6.45) is 2.67. The predicted octanol–water partition coefficient (Wildman–Crippen LogP) is 4.31. The maximum atomic E-state index is 13.1. The number of benzene rings is 2. The highest BCUT2D eigenvalue weighted by Crippen LogP contribution is 2.37. The molecule has 3 rings (SSSR count). The molecule has 0 aliphatic carbocycles. The van der Waals surface area contributed by atoms with Gasteiger partial charge in [-0.3, -0.25) is 9.59 Å². The molecule has 1 saturated heterocycles. The minimum Gasteiger partial charge on any atom is -0.348 e. The van der Waals surface area contributed by atoms with Crippen LogP contribution < -0.4 is 0 Å². The van der Waals surface area contributed by atoms with E-state index in [9.17, 15) is 9.59 Å². The third-order valence-electron chi connectivity index (χ3n) is 6.08. The molecule has 154 valence electrons. The van der Waals surface area contributed by atoms with E-state index in [1.807, 2.05) is 25.9 Å². The van der Waals surface area contributed by atoms with Crippen LogP contribution in [-0.2, 0) is 16.0 Å². The van der Waals surface area contributed by atoms with E-state index in [1.54, 1.807) is 4.90 Å². The molecule has 0 bridgehead atoms. The number of nitrogens with zero attached hydrogens (tertiary/aromatic N) is 2. The second-order valence-corrected chi connectivity index (χ2v) is 8.46. The van der Waals surface area contributed by atoms with E-state index in [0.717, 1.165) is 12.8 Å². The lowest BCUT2D eigenvalue weighted by Gasteiger charge is -2.42. The largest absolute Gasteiger partial charge is 0.348 e. The molecule has 1 aliphatic heterocycles. The average molecular weight is 393 g/mol. The van der Waals surface area contributed by atoms with Gasteiger partial charge in [-0.15, -0.1) is 0 Å². The Labute approximate surface area is 174 Å². The van der Waals surface area contributed by atoms with Gasteiger partial charge in [-0.2, -0.15) is 0 Å². The third kappa shape index (κ3) is 4.69. The summed E-state index contributed by atoms with van der Waals surface area (Å²) in [5.41, 5.74) is 4.39. The fraction of sp³-hybridized carbons (Fsp3) is 0.440. The number of likely N-dealkylation sites (tertiary alicyclic amines) is 1. The van der Waals surface area contributed by atoms with Crippen molar-refractivity contribution in [3.05, 3.63) is 59.7 Å². The van der Waals surface area contributed by atoms with Crippen LogP contribution in [0.2, 0.25) is 0 Å². The molecule has 0 spiro atoms. The van der Waals surface area contributed by atoms with Gasteiger partial charge in [-0.25, -0.2) is 0 Å². The molecule has 0 N–H and O–H groups in total. The molecule has 0 saturated carbocycles. The molecule has 0 atom stereocenters. The van der Waals surface area contributed by atoms with Crippen LogP contribution in [0.5, 0.6) is 0 Å². The highest BCUT2D eigenvalue weighted by atomic mass is 16.2. The molecule has 2 aromatic carbocycles. The van der Waals surface area contributed by atoms with E-state index in [4.69, 9.17) is 0 Å². The highest BCUT2D eigenvalue weighted by Gasteiger charge is 2.42. The molecule has 0 radical (unpaired) electrons. The van der Waals surface area contributed by atoms with Crippen molar-refractivity contribution in [1.29, 1.82) is 0 Å². The first-order chi connectivity index (χ1) is 13.8. The topological polar surface area (TPSA) is 40.6 Å². The molecule has 1 heterocycles. The number of carbonyl (C=O) groups excluding carboxylic acids is 2. The Morgan fingerprint density at radius 1 is 1.00 bits per heavy atom. The quantitative estimate of drug-likeness (QED) is 0.761. The Hall–Kier alpha value is -2.62. The second-order valence-electron chi connectivity index (χ2n) is 8.46. The minimum absolute atomic E-state index is 0.170. The number of hydrogen-bond donors (Lipinski definition) is 0. The number of piperidine rings is 1. The van der Waals surface area contributed by atoms with Gasteiger partial charge in [0, 0.05) is 33.6 Å². The summed E-state index contributed by atoms with van der Waals surface area (Å²) < 4.78 is 0. The summed E-state index contributed by atoms with van der Waals surface area (Å²) in [5, 5.41) is 0. The van der Waals surface area contributed by atoms with Gasteiger partial charge in [0.05, 0.1) is 5.41 Å². The Morgan fingerprint density at radius 3 is 2.21 bits per heavy atom. The molecule has 4 nitrogen and oxygen atoms in total. The summed E-state index contributed by atoms with van der Waals surface area (Å²) in [6, 6.07) is 17.1. The Bertz CT molecular complexity index is 863. The summed E-state index contributed by atoms with van der Waals surface area (Å²) in [6.45, 7) is 5.32. The van der Waals surface area contributed by atoms with E-state index in [-0.39, 0.29) is 11.8 Å². The molecule has 0 aromatic heterocycles. The van der Waals surface area contributed by atoms with Crippen molar-refractivity contribution in [3.63, 3.8) is 0 Å². The van der Waals surface area contributed by atoms with Crippen LogP contribution in [0.25, 0.3) is 11.1 Å². The molecular weight excluding hydrogens is 360 g/mol. The van der Waals surface area contributed by atoms with E-state index in [2.05, 4.69) is 55.5 Å². The van der Waals surface area contributed by atoms with Gasteiger partial charge < -0.3 is 9.80 Å². The number of rotatable bonds is 5. The molecule has 0 unspecified atom stereocenters. The van der Waals surface area contributed by atoms with Crippen LogP contribution in [0, 0.1) is 12.3 Å². The van der Waals surface area contributed by atoms with Gasteiger partial charge >= 0.3 is 0 Å². The highest BCUT2D eigenvalue weighted by molar-refractivity contribution is 5.83. The molecule has 4 heteroatoms. The average Bonchev–Trinajstić information content (AvgIpc) is 2.73. The first kappa shape index (κ1) is 21.1. The zero-order chi connectivity index (χ0) is 21.0. The van der Waals surface area contributed by atoms with Gasteiger partial charge in [-0.05, 0) is 42.9 Å². The van der Waals surface area contributed by atoms with Gasteiger partial charge in [0.1, 0.15) is 0 Å². The fourth-order valence-electron chi connectivity index (χ4n) is 4.38. The predicted molar refractivity (Wildman–Crippen MR) is 118 cm³/mol. The van der Waals surface area contributed by atoms with E-state index in [1.165, 1.54) is 22.3 Å². The van der Waals surface area contributed by atoms with E-state index < -0.39 is 5.41 Å². The van der Waals surface area contributed by atoms with Crippen molar-refractivity contribution in [3.8, 4) is 11.1 Å². The zero-order valence-electron chi connectivity index (χ0n) is 18.1. The lowest BCUT2D eigenvalue weighted by Crippen LogP contribution is -2.50. The molecule has 1 aliphatic rings. The standard InChI is InChI=1S/C25H32N2O2/c1-5-23(28)27-15-13-25(14-16-27,24(29)26(3)4)18-20-9-11-21(12-10-20)22-8-6-7-19(2)17-22/h6-12,17H,5,13-16,18H2,1-4H3. The fourth-order valence-corrected chi connectivity index (χ4v) is 4.38. The summed E-state index contributed by atoms with van der Waals surface area (Å²) >= 11 is 0. The first-order valence-corrected chi connectivity index (χ1v) is 10.5. The van der Waals surface area contributed by atoms with Crippen molar-refractivity contribution in [2.24, 2.45) is 5.41 Å². The number of amides is 2. The smallest absolute Gasteiger partial charge is 0.228 e. The lowest BCUT2D eigenvalue weighted by atomic mass is 9.72. The summed E-state index contributed by atoms with van der Waals surface area (Å²) in [7, 11) is 3.66. The van der Waals surface area contributed by atoms with Gasteiger partial charge in [0.2, 0.25) is 11.8 Å². The van der Waals surface area contributed by atoms with Crippen LogP contribution in [0.15, 0.2) is 48.5 Å². The molecular formula is C25H32N2O2. The van der Waals surface area contributed by atoms with Crippen LogP contribution in [0.1, 0.15) is 37.3 Å². The van der Waals surface area contributed by atoms with Crippen molar-refractivity contribution in [1.82, 2.24) is 9.80 Å². The number of carbonyl (C=O) groups is 2. The van der Waals surface area contributed by atoms with Gasteiger partial charge in [-0.1, -0.05) is 61.0 Å². The Balaban J connectivity index is 1.80. The van der Waals surface area contributed by atoms with Crippen molar-refractivity contribution >= 4 is 11.8 Å². The monoisotopic (exact) mass is 392 g/mol. The molecule has 1 fully saturated rings. The molecule has 29 heavy (non-hydrogen) atoms. The van der Waals surface area contributed by atoms with Crippen LogP contribution in [-0.4, -0.2) is 48.8 Å². The number of aryl methyl sites for hydroxylation is 1. The first-order valence-electron chi connectivity index (χ1n) is 10.5. The SMILES string of the molecule is CCC(=O)N1CCC(Cc2ccc(-c3cccc(C)c3)cc2)(C(=O)N(C)C)CC1. The van der Waals surface area contributed by atoms with Crippen LogP contribution >= 0.6 is 0 Å². The zero-order valence-corrected chi connectivity index (χ0v) is 18.1. The van der Waals surface area contributed by atoms with Gasteiger partial charge in [0.15, 0.2) is 0 Å². The maximum Gasteiger partial charge on any atom is 0.228 e. The summed E-state index contributed by atoms with van der Waals surface area (Å²) in [5.74, 6) is 0.349. The molecule has 2 aromatic rings. The van der Waals surface area contributed by atoms with Gasteiger partial charge in [0.25, 0.3) is 0 Å². The Morgan fingerprint density at radius 2 is 1.66 bits per heavy atom. The number of hydrogen-bond acceptors (Lipinski definition) is 2. The van der Waals surface area contributed by atoms with Crippen LogP contribution in [0.3, 0.4) is 0 Å². The van der Waals surface area contributed by atoms with Crippen molar-refractivity contribution in [2.75, 3.05) is 27.2 Å². The third-order valence-corrected chi connectivity index (χ3v) is 6.08. The minimum atomic E-state index is -0.432. The maximum absolute atomic E-state index is 13.1. The lowest BCUT2D eigenvalue weighted by molar-refractivity contribution is -0.146. The Kier molecular flexibility index (Phi) is 6.41. The normalized spacial score (nSPS) is 15.8. The second kappa shape index (κ2) is 8.81. The van der Waals surface area contributed by atoms with E-state index >= 15 is 0 Å². The van der Waals surface area contributed by atoms with Crippen molar-refractivity contribution in [2.45, 2.75) is 39.5 Å². The van der Waals surface area contributed by atoms with Crippen molar-refractivity contribution < 1.29 is 9.59 Å². The van der Waals surface area contributed by atoms with E-state index in [0.29, 0.717) is 25.9 Å². The summed E-state index contributed by atoms with van der Waals surface area (Å²) in [4.78, 5) is 28.8.